The number of halogens is 3. The number of nitrogens with one attached hydrogen (secondary N) is 2. The Morgan fingerprint density at radius 3 is 2.38 bits per heavy atom. The van der Waals surface area contributed by atoms with Crippen LogP contribution in [0.1, 0.15) is 21.5 Å². The van der Waals surface area contributed by atoms with Gasteiger partial charge in [-0.05, 0) is 48.1 Å². The Hall–Kier alpha value is -2.61. The minimum absolute atomic E-state index is 0.164. The summed E-state index contributed by atoms with van der Waals surface area (Å²) in [6, 6.07) is 10.9. The van der Waals surface area contributed by atoms with Crippen molar-refractivity contribution in [2.75, 3.05) is 5.32 Å². The van der Waals surface area contributed by atoms with Gasteiger partial charge in [0.25, 0.3) is 0 Å². The molecule has 0 amide bonds. The van der Waals surface area contributed by atoms with E-state index < -0.39 is 17.7 Å². The fraction of sp³-hybridized carbons (Fsp3) is 0.125. The van der Waals surface area contributed by atoms with E-state index >= 15 is 0 Å². The van der Waals surface area contributed by atoms with E-state index in [2.05, 4.69) is 10.6 Å². The molecule has 0 aliphatic carbocycles. The number of rotatable bonds is 4. The molecule has 0 radical (unpaired) electrons. The number of benzene rings is 2. The molecule has 0 bridgehead atoms. The molecule has 8 heteroatoms. The molecular weight excluding hydrogens is 341 g/mol. The van der Waals surface area contributed by atoms with Gasteiger partial charge in [0.2, 0.25) is 0 Å². The van der Waals surface area contributed by atoms with Gasteiger partial charge in [0.05, 0.1) is 11.1 Å². The van der Waals surface area contributed by atoms with Crippen molar-refractivity contribution in [3.8, 4) is 0 Å². The lowest BCUT2D eigenvalue weighted by Crippen LogP contribution is -2.28. The highest BCUT2D eigenvalue weighted by atomic mass is 32.1. The van der Waals surface area contributed by atoms with Gasteiger partial charge in [0, 0.05) is 12.2 Å². The number of carboxylic acids is 1. The summed E-state index contributed by atoms with van der Waals surface area (Å²) in [4.78, 5) is 10.8. The second kappa shape index (κ2) is 7.31. The molecule has 0 unspecified atom stereocenters. The molecule has 24 heavy (non-hydrogen) atoms. The first-order valence-electron chi connectivity index (χ1n) is 6.80. The molecule has 0 fully saturated rings. The minimum atomic E-state index is -4.42. The fourth-order valence-electron chi connectivity index (χ4n) is 1.90. The highest BCUT2D eigenvalue weighted by Gasteiger charge is 2.30. The first kappa shape index (κ1) is 17.7. The van der Waals surface area contributed by atoms with Gasteiger partial charge in [-0.25, -0.2) is 4.79 Å². The molecule has 2 aromatic rings. The van der Waals surface area contributed by atoms with Gasteiger partial charge in [0.15, 0.2) is 5.11 Å². The SMILES string of the molecule is O=C(O)c1ccc(CNC(=S)Nc2cccc(C(F)(F)F)c2)cc1. The quantitative estimate of drug-likeness (QED) is 0.727. The van der Waals surface area contributed by atoms with Gasteiger partial charge in [-0.3, -0.25) is 0 Å². The molecule has 0 aliphatic rings. The summed E-state index contributed by atoms with van der Waals surface area (Å²) in [5.74, 6) is -1.02. The molecule has 0 saturated carbocycles. The maximum Gasteiger partial charge on any atom is 0.416 e. The zero-order valence-corrected chi connectivity index (χ0v) is 13.0. The average Bonchev–Trinajstić information content (AvgIpc) is 2.53. The summed E-state index contributed by atoms with van der Waals surface area (Å²) in [6.45, 7) is 0.310. The van der Waals surface area contributed by atoms with Crippen LogP contribution in [0.15, 0.2) is 48.5 Å². The van der Waals surface area contributed by atoms with Gasteiger partial charge >= 0.3 is 12.1 Å². The summed E-state index contributed by atoms with van der Waals surface area (Å²) >= 11 is 5.04. The Labute approximate surface area is 141 Å². The predicted octanol–water partition coefficient (Wildman–Crippen LogP) is 3.89. The van der Waals surface area contributed by atoms with Crippen molar-refractivity contribution in [2.45, 2.75) is 12.7 Å². The summed E-state index contributed by atoms with van der Waals surface area (Å²) in [7, 11) is 0. The van der Waals surface area contributed by atoms with Gasteiger partial charge in [-0.15, -0.1) is 0 Å². The second-order valence-corrected chi connectivity index (χ2v) is 5.30. The summed E-state index contributed by atoms with van der Waals surface area (Å²) in [6.07, 6.45) is -4.42. The molecule has 0 aromatic heterocycles. The third-order valence-corrected chi connectivity index (χ3v) is 3.35. The van der Waals surface area contributed by atoms with E-state index in [0.717, 1.165) is 17.7 Å². The number of thiocarbonyl (C=S) groups is 1. The summed E-state index contributed by atoms with van der Waals surface area (Å²) in [5.41, 5.74) is 0.416. The van der Waals surface area contributed by atoms with Crippen molar-refractivity contribution in [3.63, 3.8) is 0 Å². The third kappa shape index (κ3) is 4.95. The molecule has 0 aliphatic heterocycles. The van der Waals surface area contributed by atoms with E-state index in [1.165, 1.54) is 24.3 Å². The van der Waals surface area contributed by atoms with Gasteiger partial charge in [-0.1, -0.05) is 18.2 Å². The minimum Gasteiger partial charge on any atom is -0.478 e. The molecule has 3 N–H and O–H groups in total. The van der Waals surface area contributed by atoms with Gasteiger partial charge in [0.1, 0.15) is 0 Å². The van der Waals surface area contributed by atoms with Crippen molar-refractivity contribution in [3.05, 3.63) is 65.2 Å². The first-order valence-corrected chi connectivity index (χ1v) is 7.21. The molecule has 0 spiro atoms. The predicted molar refractivity (Wildman–Crippen MR) is 87.9 cm³/mol. The molecule has 0 saturated heterocycles. The van der Waals surface area contributed by atoms with Crippen LogP contribution in [-0.2, 0) is 12.7 Å². The van der Waals surface area contributed by atoms with E-state index in [1.807, 2.05) is 0 Å². The monoisotopic (exact) mass is 354 g/mol. The van der Waals surface area contributed by atoms with Crippen molar-refractivity contribution in [2.24, 2.45) is 0 Å². The van der Waals surface area contributed by atoms with Crippen LogP contribution in [0.2, 0.25) is 0 Å². The van der Waals surface area contributed by atoms with Crippen molar-refractivity contribution in [1.29, 1.82) is 0 Å². The zero-order valence-electron chi connectivity index (χ0n) is 12.2. The normalized spacial score (nSPS) is 11.0. The number of anilines is 1. The number of hydrogen-bond acceptors (Lipinski definition) is 2. The summed E-state index contributed by atoms with van der Waals surface area (Å²) < 4.78 is 37.9. The lowest BCUT2D eigenvalue weighted by Gasteiger charge is -2.13. The molecule has 0 heterocycles. The number of alkyl halides is 3. The van der Waals surface area contributed by atoms with Crippen LogP contribution in [0.5, 0.6) is 0 Å². The Morgan fingerprint density at radius 1 is 1.12 bits per heavy atom. The van der Waals surface area contributed by atoms with E-state index in [4.69, 9.17) is 17.3 Å². The highest BCUT2D eigenvalue weighted by Crippen LogP contribution is 2.30. The van der Waals surface area contributed by atoms with Crippen LogP contribution in [0.3, 0.4) is 0 Å². The van der Waals surface area contributed by atoms with Crippen LogP contribution in [0.25, 0.3) is 0 Å². The largest absolute Gasteiger partial charge is 0.478 e. The van der Waals surface area contributed by atoms with E-state index in [9.17, 15) is 18.0 Å². The van der Waals surface area contributed by atoms with Crippen LogP contribution in [0.4, 0.5) is 18.9 Å². The smallest absolute Gasteiger partial charge is 0.416 e. The van der Waals surface area contributed by atoms with Crippen molar-refractivity contribution < 1.29 is 23.1 Å². The van der Waals surface area contributed by atoms with E-state index in [0.29, 0.717) is 6.54 Å². The standard InChI is InChI=1S/C16H13F3N2O2S/c17-16(18,19)12-2-1-3-13(8-12)21-15(24)20-9-10-4-6-11(7-5-10)14(22)23/h1-8H,9H2,(H,22,23)(H2,20,21,24). The number of aromatic carboxylic acids is 1. The highest BCUT2D eigenvalue weighted by molar-refractivity contribution is 7.80. The Bertz CT molecular complexity index is 746. The molecule has 2 rings (SSSR count). The van der Waals surface area contributed by atoms with Crippen LogP contribution >= 0.6 is 12.2 Å². The maximum absolute atomic E-state index is 12.6. The Kier molecular flexibility index (Phi) is 5.40. The molecule has 4 nitrogen and oxygen atoms in total. The third-order valence-electron chi connectivity index (χ3n) is 3.10. The molecular formula is C16H13F3N2O2S. The second-order valence-electron chi connectivity index (χ2n) is 4.89. The van der Waals surface area contributed by atoms with E-state index in [-0.39, 0.29) is 16.4 Å². The van der Waals surface area contributed by atoms with Crippen LogP contribution in [-0.4, -0.2) is 16.2 Å². The molecule has 0 atom stereocenters. The topological polar surface area (TPSA) is 61.4 Å². The lowest BCUT2D eigenvalue weighted by atomic mass is 10.1. The number of carboxylic acid groups (broad SMARTS) is 1. The average molecular weight is 354 g/mol. The summed E-state index contributed by atoms with van der Waals surface area (Å²) in [5, 5.41) is 14.5. The van der Waals surface area contributed by atoms with Crippen LogP contribution in [0, 0.1) is 0 Å². The number of hydrogen-bond donors (Lipinski definition) is 3. The van der Waals surface area contributed by atoms with Crippen molar-refractivity contribution in [1.82, 2.24) is 5.32 Å². The molecule has 126 valence electrons. The maximum atomic E-state index is 12.6. The van der Waals surface area contributed by atoms with E-state index in [1.54, 1.807) is 12.1 Å². The van der Waals surface area contributed by atoms with Gasteiger partial charge in [-0.2, -0.15) is 13.2 Å². The van der Waals surface area contributed by atoms with Crippen molar-refractivity contribution >= 4 is 29.0 Å². The van der Waals surface area contributed by atoms with Crippen LogP contribution < -0.4 is 10.6 Å². The lowest BCUT2D eigenvalue weighted by molar-refractivity contribution is -0.137. The molecule has 2 aromatic carbocycles. The fourth-order valence-corrected chi connectivity index (χ4v) is 2.09. The zero-order chi connectivity index (χ0) is 17.7. The number of carbonyl (C=O) groups is 1. The Balaban J connectivity index is 1.93. The Morgan fingerprint density at radius 2 is 1.79 bits per heavy atom. The van der Waals surface area contributed by atoms with Gasteiger partial charge < -0.3 is 15.7 Å². The first-order chi connectivity index (χ1) is 11.3.